The van der Waals surface area contributed by atoms with E-state index >= 15 is 0 Å². The summed E-state index contributed by atoms with van der Waals surface area (Å²) in [5.41, 5.74) is 3.70. The molecule has 0 radical (unpaired) electrons. The summed E-state index contributed by atoms with van der Waals surface area (Å²) in [7, 11) is 0. The number of pyridine rings is 1. The van der Waals surface area contributed by atoms with Gasteiger partial charge in [-0.2, -0.15) is 5.26 Å². The van der Waals surface area contributed by atoms with Gasteiger partial charge in [-0.25, -0.2) is 0 Å². The first-order valence-corrected chi connectivity index (χ1v) is 7.08. The van der Waals surface area contributed by atoms with Gasteiger partial charge in [0, 0.05) is 16.1 Å². The number of aromatic nitrogens is 1. The van der Waals surface area contributed by atoms with Gasteiger partial charge in [-0.05, 0) is 42.3 Å². The molecule has 3 aromatic rings. The summed E-state index contributed by atoms with van der Waals surface area (Å²) in [5, 5.41) is 11.2. The van der Waals surface area contributed by atoms with Crippen molar-refractivity contribution in [2.24, 2.45) is 0 Å². The largest absolute Gasteiger partial charge is 0.253 e. The smallest absolute Gasteiger partial charge is 0.0969 e. The van der Waals surface area contributed by atoms with Crippen LogP contribution in [-0.4, -0.2) is 4.98 Å². The second-order valence-electron chi connectivity index (χ2n) is 4.99. The van der Waals surface area contributed by atoms with Gasteiger partial charge >= 0.3 is 0 Å². The first-order chi connectivity index (χ1) is 10.2. The minimum Gasteiger partial charge on any atom is -0.253 e. The van der Waals surface area contributed by atoms with Gasteiger partial charge in [-0.15, -0.1) is 0 Å². The summed E-state index contributed by atoms with van der Waals surface area (Å²) in [6, 6.07) is 19.8. The Morgan fingerprint density at radius 3 is 2.57 bits per heavy atom. The molecule has 3 heteroatoms. The van der Waals surface area contributed by atoms with Crippen LogP contribution in [0.3, 0.4) is 0 Å². The predicted molar refractivity (Wildman–Crippen MR) is 85.4 cm³/mol. The highest BCUT2D eigenvalue weighted by Crippen LogP contribution is 2.31. The highest BCUT2D eigenvalue weighted by Gasteiger charge is 2.17. The van der Waals surface area contributed by atoms with Crippen molar-refractivity contribution in [1.82, 2.24) is 4.98 Å². The maximum atomic E-state index is 9.65. The molecule has 0 aliphatic carbocycles. The van der Waals surface area contributed by atoms with Crippen LogP contribution in [0.15, 0.2) is 54.6 Å². The quantitative estimate of drug-likeness (QED) is 0.677. The molecule has 0 aliphatic rings. The number of aryl methyl sites for hydroxylation is 1. The van der Waals surface area contributed by atoms with Crippen LogP contribution in [0, 0.1) is 18.3 Å². The van der Waals surface area contributed by atoms with Gasteiger partial charge < -0.3 is 0 Å². The first kappa shape index (κ1) is 13.6. The Labute approximate surface area is 128 Å². The molecule has 2 nitrogen and oxygen atoms in total. The van der Waals surface area contributed by atoms with E-state index < -0.39 is 0 Å². The van der Waals surface area contributed by atoms with Crippen molar-refractivity contribution in [3.05, 3.63) is 76.4 Å². The average Bonchev–Trinajstić information content (AvgIpc) is 2.50. The highest BCUT2D eigenvalue weighted by molar-refractivity contribution is 6.31. The van der Waals surface area contributed by atoms with E-state index in [0.29, 0.717) is 5.02 Å². The van der Waals surface area contributed by atoms with Crippen LogP contribution in [0.1, 0.15) is 22.7 Å². The fourth-order valence-electron chi connectivity index (χ4n) is 2.57. The molecule has 1 unspecified atom stereocenters. The fraction of sp³-hybridized carbons (Fsp3) is 0.111. The molecule has 0 spiro atoms. The summed E-state index contributed by atoms with van der Waals surface area (Å²) in [6.07, 6.45) is 0. The normalized spacial score (nSPS) is 12.0. The van der Waals surface area contributed by atoms with Crippen molar-refractivity contribution in [3.63, 3.8) is 0 Å². The number of nitriles is 1. The van der Waals surface area contributed by atoms with Crippen LogP contribution >= 0.6 is 11.6 Å². The molecule has 0 aliphatic heterocycles. The maximum absolute atomic E-state index is 9.65. The van der Waals surface area contributed by atoms with E-state index in [1.54, 1.807) is 0 Å². The van der Waals surface area contributed by atoms with Gasteiger partial charge in [-0.1, -0.05) is 41.9 Å². The Morgan fingerprint density at radius 1 is 1.10 bits per heavy atom. The van der Waals surface area contributed by atoms with Gasteiger partial charge in [0.25, 0.3) is 0 Å². The molecule has 0 saturated carbocycles. The zero-order valence-electron chi connectivity index (χ0n) is 11.5. The predicted octanol–water partition coefficient (Wildman–Crippen LogP) is 4.85. The van der Waals surface area contributed by atoms with Crippen molar-refractivity contribution >= 4 is 22.5 Å². The summed E-state index contributed by atoms with van der Waals surface area (Å²) in [6.45, 7) is 1.94. The van der Waals surface area contributed by atoms with E-state index in [-0.39, 0.29) is 5.92 Å². The zero-order valence-corrected chi connectivity index (χ0v) is 12.3. The lowest BCUT2D eigenvalue weighted by Gasteiger charge is -2.14. The van der Waals surface area contributed by atoms with Crippen LogP contribution in [0.5, 0.6) is 0 Å². The lowest BCUT2D eigenvalue weighted by Crippen LogP contribution is -2.01. The molecule has 1 heterocycles. The SMILES string of the molecule is Cc1cc(C(C#N)c2ccccc2)c2cc(Cl)ccc2n1. The summed E-state index contributed by atoms with van der Waals surface area (Å²) in [4.78, 5) is 4.52. The van der Waals surface area contributed by atoms with Crippen LogP contribution in [0.2, 0.25) is 5.02 Å². The second kappa shape index (κ2) is 5.55. The molecule has 0 fully saturated rings. The fourth-order valence-corrected chi connectivity index (χ4v) is 2.74. The van der Waals surface area contributed by atoms with E-state index in [2.05, 4.69) is 11.1 Å². The van der Waals surface area contributed by atoms with Crippen molar-refractivity contribution in [2.75, 3.05) is 0 Å². The average molecular weight is 293 g/mol. The number of hydrogen-bond acceptors (Lipinski definition) is 2. The summed E-state index contributed by atoms with van der Waals surface area (Å²) in [5.74, 6) is -0.325. The lowest BCUT2D eigenvalue weighted by atomic mass is 9.90. The van der Waals surface area contributed by atoms with E-state index in [0.717, 1.165) is 27.7 Å². The Balaban J connectivity index is 2.28. The van der Waals surface area contributed by atoms with Gasteiger partial charge in [0.2, 0.25) is 0 Å². The Hall–Kier alpha value is -2.37. The Kier molecular flexibility index (Phi) is 3.60. The van der Waals surface area contributed by atoms with Crippen LogP contribution in [0.4, 0.5) is 0 Å². The molecule has 0 bridgehead atoms. The van der Waals surface area contributed by atoms with Crippen molar-refractivity contribution in [2.45, 2.75) is 12.8 Å². The van der Waals surface area contributed by atoms with Gasteiger partial charge in [0.05, 0.1) is 17.5 Å². The second-order valence-corrected chi connectivity index (χ2v) is 5.42. The molecule has 2 aromatic carbocycles. The number of fused-ring (bicyclic) bond motifs is 1. The minimum atomic E-state index is -0.325. The third-order valence-electron chi connectivity index (χ3n) is 3.50. The van der Waals surface area contributed by atoms with Crippen LogP contribution in [-0.2, 0) is 0 Å². The highest BCUT2D eigenvalue weighted by atomic mass is 35.5. The van der Waals surface area contributed by atoms with Gasteiger partial charge in [0.15, 0.2) is 0 Å². The topological polar surface area (TPSA) is 36.7 Å². The molecular formula is C18H13ClN2. The summed E-state index contributed by atoms with van der Waals surface area (Å²) < 4.78 is 0. The summed E-state index contributed by atoms with van der Waals surface area (Å²) >= 11 is 6.11. The Bertz CT molecular complexity index is 835. The van der Waals surface area contributed by atoms with Crippen molar-refractivity contribution in [1.29, 1.82) is 5.26 Å². The Morgan fingerprint density at radius 2 is 1.86 bits per heavy atom. The standard InChI is InChI=1S/C18H13ClN2/c1-12-9-15(16-10-14(19)7-8-18(16)21-12)17(11-20)13-5-3-2-4-6-13/h2-10,17H,1H3. The number of benzene rings is 2. The van der Waals surface area contributed by atoms with Gasteiger partial charge in [0.1, 0.15) is 0 Å². The van der Waals surface area contributed by atoms with Crippen molar-refractivity contribution in [3.8, 4) is 6.07 Å². The molecule has 0 saturated heterocycles. The van der Waals surface area contributed by atoms with Crippen LogP contribution < -0.4 is 0 Å². The van der Waals surface area contributed by atoms with E-state index in [9.17, 15) is 5.26 Å². The minimum absolute atomic E-state index is 0.325. The zero-order chi connectivity index (χ0) is 14.8. The lowest BCUT2D eigenvalue weighted by molar-refractivity contribution is 1.04. The third-order valence-corrected chi connectivity index (χ3v) is 3.74. The van der Waals surface area contributed by atoms with Crippen LogP contribution in [0.25, 0.3) is 10.9 Å². The van der Waals surface area contributed by atoms with E-state index in [1.807, 2.05) is 61.5 Å². The van der Waals surface area contributed by atoms with E-state index in [4.69, 9.17) is 11.6 Å². The third kappa shape index (κ3) is 2.61. The molecule has 102 valence electrons. The number of halogens is 1. The molecule has 0 amide bonds. The van der Waals surface area contributed by atoms with E-state index in [1.165, 1.54) is 0 Å². The number of hydrogen-bond donors (Lipinski definition) is 0. The molecule has 3 rings (SSSR count). The molecular weight excluding hydrogens is 280 g/mol. The monoisotopic (exact) mass is 292 g/mol. The number of nitrogens with zero attached hydrogens (tertiary/aromatic N) is 2. The molecule has 0 N–H and O–H groups in total. The maximum Gasteiger partial charge on any atom is 0.0969 e. The first-order valence-electron chi connectivity index (χ1n) is 6.70. The molecule has 21 heavy (non-hydrogen) atoms. The molecule has 1 aromatic heterocycles. The van der Waals surface area contributed by atoms with Gasteiger partial charge in [-0.3, -0.25) is 4.98 Å². The molecule has 1 atom stereocenters. The number of rotatable bonds is 2. The van der Waals surface area contributed by atoms with Crippen molar-refractivity contribution < 1.29 is 0 Å².